The average molecular weight is 319 g/mol. The van der Waals surface area contributed by atoms with Crippen molar-refractivity contribution in [3.8, 4) is 0 Å². The summed E-state index contributed by atoms with van der Waals surface area (Å²) in [5, 5.41) is -0.229. The lowest BCUT2D eigenvalue weighted by Gasteiger charge is -2.36. The summed E-state index contributed by atoms with van der Waals surface area (Å²) >= 11 is 0. The fourth-order valence-electron chi connectivity index (χ4n) is 2.36. The largest absolute Gasteiger partial charge is 0.259 e. The van der Waals surface area contributed by atoms with E-state index in [9.17, 15) is 17.0 Å². The molecule has 0 N–H and O–H groups in total. The van der Waals surface area contributed by atoms with Gasteiger partial charge in [-0.15, -0.1) is 0 Å². The maximum Gasteiger partial charge on any atom is 0.243 e. The van der Waals surface area contributed by atoms with Gasteiger partial charge in [0.2, 0.25) is 10.0 Å². The smallest absolute Gasteiger partial charge is 0.243 e. The Morgan fingerprint density at radius 3 is 2.65 bits per heavy atom. The molecule has 0 radical (unpaired) electrons. The van der Waals surface area contributed by atoms with Crippen LogP contribution in [-0.2, 0) is 20.8 Å². The van der Waals surface area contributed by atoms with Crippen molar-refractivity contribution in [3.05, 3.63) is 29.6 Å². The standard InChI is InChI=1S/C13H18FNO3S2/c1-9-12(14)5-4-6-13(9)20(17,18)15-7-8-19(16)11(3)10(15)2/h4-6,10-11H,7-8H2,1-3H3. The van der Waals surface area contributed by atoms with Crippen molar-refractivity contribution in [2.24, 2.45) is 0 Å². The van der Waals surface area contributed by atoms with E-state index >= 15 is 0 Å². The van der Waals surface area contributed by atoms with Gasteiger partial charge in [-0.1, -0.05) is 6.07 Å². The fourth-order valence-corrected chi connectivity index (χ4v) is 5.82. The molecule has 1 aromatic carbocycles. The second kappa shape index (κ2) is 5.54. The van der Waals surface area contributed by atoms with E-state index in [1.165, 1.54) is 29.4 Å². The van der Waals surface area contributed by atoms with Crippen molar-refractivity contribution in [3.63, 3.8) is 0 Å². The van der Waals surface area contributed by atoms with E-state index in [1.54, 1.807) is 13.8 Å². The number of benzene rings is 1. The quantitative estimate of drug-likeness (QED) is 0.833. The van der Waals surface area contributed by atoms with Crippen LogP contribution in [0.15, 0.2) is 23.1 Å². The molecule has 1 fully saturated rings. The average Bonchev–Trinajstić information content (AvgIpc) is 2.38. The van der Waals surface area contributed by atoms with Crippen molar-refractivity contribution < 1.29 is 17.0 Å². The molecule has 1 aromatic rings. The molecule has 0 amide bonds. The summed E-state index contributed by atoms with van der Waals surface area (Å²) in [6, 6.07) is 3.69. The molecular weight excluding hydrogens is 301 g/mol. The Labute approximate surface area is 121 Å². The van der Waals surface area contributed by atoms with E-state index in [-0.39, 0.29) is 28.3 Å². The van der Waals surface area contributed by atoms with Gasteiger partial charge in [0.15, 0.2) is 0 Å². The SMILES string of the molecule is Cc1c(F)cccc1S(=O)(=O)N1CCS(=O)C(C)C1C. The summed E-state index contributed by atoms with van der Waals surface area (Å²) in [5.74, 6) is -0.216. The van der Waals surface area contributed by atoms with Crippen molar-refractivity contribution in [2.45, 2.75) is 37.0 Å². The minimum absolute atomic E-state index is 0.00997. The van der Waals surface area contributed by atoms with E-state index < -0.39 is 26.6 Å². The van der Waals surface area contributed by atoms with Gasteiger partial charge in [-0.2, -0.15) is 4.31 Å². The summed E-state index contributed by atoms with van der Waals surface area (Å²) in [6.07, 6.45) is 0. The Hall–Kier alpha value is -0.790. The monoisotopic (exact) mass is 319 g/mol. The molecular formula is C13H18FNO3S2. The van der Waals surface area contributed by atoms with Gasteiger partial charge in [-0.3, -0.25) is 4.21 Å². The highest BCUT2D eigenvalue weighted by molar-refractivity contribution is 7.89. The van der Waals surface area contributed by atoms with Crippen LogP contribution in [0, 0.1) is 12.7 Å². The van der Waals surface area contributed by atoms with Gasteiger partial charge in [0.25, 0.3) is 0 Å². The zero-order valence-corrected chi connectivity index (χ0v) is 13.3. The van der Waals surface area contributed by atoms with E-state index in [4.69, 9.17) is 0 Å². The van der Waals surface area contributed by atoms with E-state index in [0.29, 0.717) is 5.75 Å². The molecule has 1 heterocycles. The van der Waals surface area contributed by atoms with Crippen molar-refractivity contribution in [2.75, 3.05) is 12.3 Å². The van der Waals surface area contributed by atoms with Gasteiger partial charge in [0.1, 0.15) is 5.82 Å². The van der Waals surface area contributed by atoms with Crippen LogP contribution in [0.1, 0.15) is 19.4 Å². The maximum absolute atomic E-state index is 13.6. The summed E-state index contributed by atoms with van der Waals surface area (Å²) in [4.78, 5) is -0.00997. The van der Waals surface area contributed by atoms with E-state index in [2.05, 4.69) is 0 Å². The highest BCUT2D eigenvalue weighted by Crippen LogP contribution is 2.27. The van der Waals surface area contributed by atoms with Crippen LogP contribution in [0.4, 0.5) is 4.39 Å². The number of sulfonamides is 1. The minimum Gasteiger partial charge on any atom is -0.259 e. The third kappa shape index (κ3) is 2.54. The van der Waals surface area contributed by atoms with Gasteiger partial charge in [-0.05, 0) is 32.9 Å². The first kappa shape index (κ1) is 15.6. The van der Waals surface area contributed by atoms with Crippen molar-refractivity contribution in [1.82, 2.24) is 4.31 Å². The van der Waals surface area contributed by atoms with Gasteiger partial charge in [0, 0.05) is 40.0 Å². The predicted octanol–water partition coefficient (Wildman–Crippen LogP) is 1.66. The minimum atomic E-state index is -3.76. The molecule has 0 bridgehead atoms. The molecule has 2 rings (SSSR count). The van der Waals surface area contributed by atoms with E-state index in [0.717, 1.165) is 0 Å². The maximum atomic E-state index is 13.6. The Morgan fingerprint density at radius 1 is 1.35 bits per heavy atom. The Kier molecular flexibility index (Phi) is 4.32. The molecule has 1 saturated heterocycles. The topological polar surface area (TPSA) is 54.5 Å². The third-order valence-corrected chi connectivity index (χ3v) is 7.80. The van der Waals surface area contributed by atoms with Gasteiger partial charge < -0.3 is 0 Å². The molecule has 1 aliphatic rings. The number of hydrogen-bond donors (Lipinski definition) is 0. The van der Waals surface area contributed by atoms with Gasteiger partial charge in [-0.25, -0.2) is 12.8 Å². The Bertz CT molecular complexity index is 645. The fraction of sp³-hybridized carbons (Fsp3) is 0.538. The first-order valence-corrected chi connectivity index (χ1v) is 9.23. The van der Waals surface area contributed by atoms with Gasteiger partial charge >= 0.3 is 0 Å². The molecule has 112 valence electrons. The number of rotatable bonds is 2. The van der Waals surface area contributed by atoms with Gasteiger partial charge in [0.05, 0.1) is 4.90 Å². The summed E-state index contributed by atoms with van der Waals surface area (Å²) in [7, 11) is -4.78. The van der Waals surface area contributed by atoms with Crippen LogP contribution in [0.2, 0.25) is 0 Å². The van der Waals surface area contributed by atoms with Crippen molar-refractivity contribution in [1.29, 1.82) is 0 Å². The van der Waals surface area contributed by atoms with Crippen LogP contribution in [0.5, 0.6) is 0 Å². The molecule has 20 heavy (non-hydrogen) atoms. The lowest BCUT2D eigenvalue weighted by Crippen LogP contribution is -2.52. The molecule has 3 atom stereocenters. The molecule has 0 spiro atoms. The predicted molar refractivity (Wildman–Crippen MR) is 77.0 cm³/mol. The highest BCUT2D eigenvalue weighted by Gasteiger charge is 2.38. The zero-order chi connectivity index (χ0) is 15.1. The lowest BCUT2D eigenvalue weighted by atomic mass is 10.2. The van der Waals surface area contributed by atoms with Crippen molar-refractivity contribution >= 4 is 20.8 Å². The Balaban J connectivity index is 2.45. The molecule has 7 heteroatoms. The molecule has 1 aliphatic heterocycles. The van der Waals surface area contributed by atoms with E-state index in [1.807, 2.05) is 0 Å². The summed E-state index contributed by atoms with van der Waals surface area (Å²) in [6.45, 7) is 5.18. The molecule has 0 aliphatic carbocycles. The normalized spacial score (nSPS) is 28.5. The third-order valence-electron chi connectivity index (χ3n) is 3.87. The summed E-state index contributed by atoms with van der Waals surface area (Å²) in [5.41, 5.74) is 0.124. The highest BCUT2D eigenvalue weighted by atomic mass is 32.2. The molecule has 4 nitrogen and oxygen atoms in total. The van der Waals surface area contributed by atoms with Crippen LogP contribution in [-0.4, -0.2) is 40.5 Å². The number of halogens is 1. The molecule has 3 unspecified atom stereocenters. The second-order valence-electron chi connectivity index (χ2n) is 5.01. The Morgan fingerprint density at radius 2 is 2.00 bits per heavy atom. The van der Waals surface area contributed by atoms with Crippen LogP contribution in [0.3, 0.4) is 0 Å². The van der Waals surface area contributed by atoms with Crippen LogP contribution >= 0.6 is 0 Å². The first-order valence-electron chi connectivity index (χ1n) is 6.41. The van der Waals surface area contributed by atoms with Crippen LogP contribution in [0.25, 0.3) is 0 Å². The van der Waals surface area contributed by atoms with Crippen LogP contribution < -0.4 is 0 Å². The molecule has 0 saturated carbocycles. The first-order chi connectivity index (χ1) is 9.26. The summed E-state index contributed by atoms with van der Waals surface area (Å²) < 4.78 is 52.0. The zero-order valence-electron chi connectivity index (χ0n) is 11.7. The molecule has 0 aromatic heterocycles. The number of hydrogen-bond acceptors (Lipinski definition) is 3. The number of nitrogens with zero attached hydrogens (tertiary/aromatic N) is 1. The second-order valence-corrected chi connectivity index (χ2v) is 8.78. The lowest BCUT2D eigenvalue weighted by molar-refractivity contribution is 0.334.